The number of anilines is 1. The number of aromatic nitrogens is 2. The summed E-state index contributed by atoms with van der Waals surface area (Å²) in [6, 6.07) is 3.86. The highest BCUT2D eigenvalue weighted by molar-refractivity contribution is 6.02. The number of amides is 1. The van der Waals surface area contributed by atoms with Crippen molar-refractivity contribution in [3.8, 4) is 0 Å². The van der Waals surface area contributed by atoms with E-state index in [0.717, 1.165) is 22.2 Å². The Bertz CT molecular complexity index is 570. The minimum Gasteiger partial charge on any atom is -0.297 e. The molecule has 2 heterocycles. The highest BCUT2D eigenvalue weighted by Crippen LogP contribution is 2.27. The SMILES string of the molecule is O=C1C=Cc2ccc3[nH]ncc3c2NN1. The lowest BCUT2D eigenvalue weighted by atomic mass is 10.1. The van der Waals surface area contributed by atoms with Crippen molar-refractivity contribution in [2.45, 2.75) is 0 Å². The fourth-order valence-corrected chi connectivity index (χ4v) is 1.64. The molecule has 3 rings (SSSR count). The van der Waals surface area contributed by atoms with Gasteiger partial charge in [0.05, 0.1) is 17.4 Å². The molecule has 0 saturated heterocycles. The molecule has 5 heteroatoms. The molecule has 0 aliphatic carbocycles. The third-order valence-electron chi connectivity index (χ3n) is 2.38. The zero-order valence-electron chi connectivity index (χ0n) is 7.74. The molecule has 74 valence electrons. The van der Waals surface area contributed by atoms with E-state index in [-0.39, 0.29) is 5.91 Å². The highest BCUT2D eigenvalue weighted by atomic mass is 16.2. The van der Waals surface area contributed by atoms with Crippen molar-refractivity contribution < 1.29 is 4.79 Å². The number of nitrogens with zero attached hydrogens (tertiary/aromatic N) is 1. The average molecular weight is 200 g/mol. The summed E-state index contributed by atoms with van der Waals surface area (Å²) in [4.78, 5) is 11.1. The van der Waals surface area contributed by atoms with Crippen LogP contribution >= 0.6 is 0 Å². The van der Waals surface area contributed by atoms with Crippen molar-refractivity contribution in [1.82, 2.24) is 15.6 Å². The fraction of sp³-hybridized carbons (Fsp3) is 0. The molecular formula is C10H8N4O. The Labute approximate surface area is 85.1 Å². The standard InChI is InChI=1S/C10H8N4O/c15-9-4-2-6-1-3-8-7(5-11-12-8)10(6)14-13-9/h1-5,14H,(H,11,12)(H,13,15). The van der Waals surface area contributed by atoms with E-state index in [1.165, 1.54) is 6.08 Å². The molecule has 1 aromatic carbocycles. The van der Waals surface area contributed by atoms with Crippen LogP contribution in [0, 0.1) is 0 Å². The van der Waals surface area contributed by atoms with E-state index < -0.39 is 0 Å². The smallest absolute Gasteiger partial charge is 0.262 e. The number of carbonyl (C=O) groups is 1. The summed E-state index contributed by atoms with van der Waals surface area (Å²) in [5.74, 6) is -0.164. The number of nitrogens with one attached hydrogen (secondary N) is 3. The van der Waals surface area contributed by atoms with Crippen LogP contribution in [0.15, 0.2) is 24.4 Å². The Hall–Kier alpha value is -2.30. The van der Waals surface area contributed by atoms with E-state index >= 15 is 0 Å². The van der Waals surface area contributed by atoms with E-state index in [2.05, 4.69) is 21.0 Å². The van der Waals surface area contributed by atoms with Gasteiger partial charge in [0.1, 0.15) is 0 Å². The van der Waals surface area contributed by atoms with Gasteiger partial charge < -0.3 is 0 Å². The topological polar surface area (TPSA) is 69.8 Å². The molecule has 0 bridgehead atoms. The summed E-state index contributed by atoms with van der Waals surface area (Å²) in [7, 11) is 0. The van der Waals surface area contributed by atoms with Crippen LogP contribution in [0.25, 0.3) is 17.0 Å². The molecule has 0 atom stereocenters. The molecule has 2 aromatic rings. The second-order valence-corrected chi connectivity index (χ2v) is 3.31. The van der Waals surface area contributed by atoms with Crippen molar-refractivity contribution in [2.75, 3.05) is 5.43 Å². The maximum Gasteiger partial charge on any atom is 0.262 e. The Morgan fingerprint density at radius 3 is 3.00 bits per heavy atom. The Balaban J connectivity index is 2.28. The van der Waals surface area contributed by atoms with Crippen LogP contribution in [-0.2, 0) is 4.79 Å². The molecule has 3 N–H and O–H groups in total. The van der Waals surface area contributed by atoms with Crippen molar-refractivity contribution in [1.29, 1.82) is 0 Å². The number of fused-ring (bicyclic) bond motifs is 3. The number of benzene rings is 1. The maximum absolute atomic E-state index is 11.1. The summed E-state index contributed by atoms with van der Waals surface area (Å²) in [5, 5.41) is 7.79. The third kappa shape index (κ3) is 1.17. The zero-order chi connectivity index (χ0) is 10.3. The second kappa shape index (κ2) is 2.84. The number of hydrazine groups is 1. The summed E-state index contributed by atoms with van der Waals surface area (Å²) >= 11 is 0. The summed E-state index contributed by atoms with van der Waals surface area (Å²) < 4.78 is 0. The molecule has 0 saturated carbocycles. The van der Waals surface area contributed by atoms with Gasteiger partial charge in [-0.05, 0) is 12.1 Å². The number of hydrogen-bond donors (Lipinski definition) is 3. The Morgan fingerprint density at radius 2 is 2.07 bits per heavy atom. The first-order chi connectivity index (χ1) is 7.34. The number of aromatic amines is 1. The minimum absolute atomic E-state index is 0.164. The first-order valence-electron chi connectivity index (χ1n) is 4.55. The van der Waals surface area contributed by atoms with Gasteiger partial charge in [-0.3, -0.25) is 20.7 Å². The van der Waals surface area contributed by atoms with E-state index in [4.69, 9.17) is 0 Å². The number of rotatable bonds is 0. The van der Waals surface area contributed by atoms with Crippen molar-refractivity contribution in [2.24, 2.45) is 0 Å². The van der Waals surface area contributed by atoms with Gasteiger partial charge in [0.25, 0.3) is 5.91 Å². The quantitative estimate of drug-likeness (QED) is 0.595. The molecule has 1 aliphatic rings. The lowest BCUT2D eigenvalue weighted by Crippen LogP contribution is -2.26. The van der Waals surface area contributed by atoms with Gasteiger partial charge in [0.15, 0.2) is 0 Å². The van der Waals surface area contributed by atoms with Gasteiger partial charge in [-0.25, -0.2) is 0 Å². The van der Waals surface area contributed by atoms with Gasteiger partial charge >= 0.3 is 0 Å². The van der Waals surface area contributed by atoms with Crippen LogP contribution in [0.3, 0.4) is 0 Å². The fourth-order valence-electron chi connectivity index (χ4n) is 1.64. The molecule has 15 heavy (non-hydrogen) atoms. The van der Waals surface area contributed by atoms with E-state index in [9.17, 15) is 4.79 Å². The molecule has 1 amide bonds. The lowest BCUT2D eigenvalue weighted by Gasteiger charge is -2.07. The molecule has 0 unspecified atom stereocenters. The predicted octanol–water partition coefficient (Wildman–Crippen LogP) is 1.03. The molecule has 1 aromatic heterocycles. The van der Waals surface area contributed by atoms with Crippen molar-refractivity contribution >= 4 is 28.6 Å². The minimum atomic E-state index is -0.164. The van der Waals surface area contributed by atoms with Gasteiger partial charge in [-0.1, -0.05) is 6.07 Å². The van der Waals surface area contributed by atoms with Gasteiger partial charge in [-0.2, -0.15) is 5.10 Å². The molecule has 0 radical (unpaired) electrons. The summed E-state index contributed by atoms with van der Waals surface area (Å²) in [6.07, 6.45) is 4.99. The largest absolute Gasteiger partial charge is 0.297 e. The molecule has 0 spiro atoms. The van der Waals surface area contributed by atoms with Crippen LogP contribution in [0.4, 0.5) is 5.69 Å². The van der Waals surface area contributed by atoms with Crippen LogP contribution in [0.2, 0.25) is 0 Å². The van der Waals surface area contributed by atoms with Gasteiger partial charge in [0, 0.05) is 17.0 Å². The van der Waals surface area contributed by atoms with Crippen molar-refractivity contribution in [3.05, 3.63) is 30.0 Å². The van der Waals surface area contributed by atoms with E-state index in [1.54, 1.807) is 12.3 Å². The first kappa shape index (κ1) is 8.05. The molecule has 0 fully saturated rings. The van der Waals surface area contributed by atoms with E-state index in [0.29, 0.717) is 0 Å². The summed E-state index contributed by atoms with van der Waals surface area (Å²) in [5.41, 5.74) is 8.21. The lowest BCUT2D eigenvalue weighted by molar-refractivity contribution is -0.115. The second-order valence-electron chi connectivity index (χ2n) is 3.31. The van der Waals surface area contributed by atoms with Crippen LogP contribution < -0.4 is 10.9 Å². The van der Waals surface area contributed by atoms with Crippen molar-refractivity contribution in [3.63, 3.8) is 0 Å². The molecule has 5 nitrogen and oxygen atoms in total. The van der Waals surface area contributed by atoms with Crippen LogP contribution in [0.5, 0.6) is 0 Å². The molecular weight excluding hydrogens is 192 g/mol. The van der Waals surface area contributed by atoms with Gasteiger partial charge in [-0.15, -0.1) is 0 Å². The highest BCUT2D eigenvalue weighted by Gasteiger charge is 2.10. The summed E-state index contributed by atoms with van der Waals surface area (Å²) in [6.45, 7) is 0. The third-order valence-corrected chi connectivity index (χ3v) is 2.38. The first-order valence-corrected chi connectivity index (χ1v) is 4.55. The van der Waals surface area contributed by atoms with E-state index in [1.807, 2.05) is 12.1 Å². The number of H-pyrrole nitrogens is 1. The average Bonchev–Trinajstić information content (AvgIpc) is 2.64. The Kier molecular flexibility index (Phi) is 1.53. The number of hydrogen-bond acceptors (Lipinski definition) is 3. The maximum atomic E-state index is 11.1. The normalized spacial score (nSPS) is 14.3. The van der Waals surface area contributed by atoms with Crippen LogP contribution in [-0.4, -0.2) is 16.1 Å². The van der Waals surface area contributed by atoms with Crippen LogP contribution in [0.1, 0.15) is 5.56 Å². The predicted molar refractivity (Wildman–Crippen MR) is 56.9 cm³/mol. The molecule has 1 aliphatic heterocycles. The van der Waals surface area contributed by atoms with Gasteiger partial charge in [0.2, 0.25) is 0 Å². The zero-order valence-corrected chi connectivity index (χ0v) is 7.74. The monoisotopic (exact) mass is 200 g/mol. The Morgan fingerprint density at radius 1 is 1.13 bits per heavy atom. The number of carbonyl (C=O) groups excluding carboxylic acids is 1.